The van der Waals surface area contributed by atoms with E-state index in [-0.39, 0.29) is 0 Å². The fourth-order valence-corrected chi connectivity index (χ4v) is 9.87. The van der Waals surface area contributed by atoms with Crippen molar-refractivity contribution in [3.05, 3.63) is 200 Å². The van der Waals surface area contributed by atoms with E-state index >= 15 is 0 Å². The van der Waals surface area contributed by atoms with E-state index in [1.165, 1.54) is 43.4 Å². The van der Waals surface area contributed by atoms with Crippen molar-refractivity contribution < 1.29 is 0 Å². The number of para-hydroxylation sites is 6. The maximum atomic E-state index is 5.52. The van der Waals surface area contributed by atoms with Gasteiger partial charge in [0.2, 0.25) is 5.95 Å². The standard InChI is InChI=1S/C54H33N5/c1-4-18-34(19-5-1)51-37-24-10-14-28-42(37)55-54(56-51)59-45-31-17-13-27-40(45)50-52(59)41-32-33-46-47(38-25-11-15-29-43(38)57(46)35-20-6-2-7-21-35)48(41)49-39-26-12-16-30-44(39)58(53(49)50)36-22-8-3-9-23-36/h1-33H. The lowest BCUT2D eigenvalue weighted by atomic mass is 9.95. The zero-order chi connectivity index (χ0) is 38.6. The summed E-state index contributed by atoms with van der Waals surface area (Å²) in [4.78, 5) is 10.9. The first-order chi connectivity index (χ1) is 29.3. The van der Waals surface area contributed by atoms with Crippen molar-refractivity contribution >= 4 is 87.1 Å². The smallest absolute Gasteiger partial charge is 0.235 e. The molecule has 0 N–H and O–H groups in total. The molecule has 9 aromatic carbocycles. The molecule has 0 unspecified atom stereocenters. The van der Waals surface area contributed by atoms with Crippen LogP contribution >= 0.6 is 0 Å². The average molecular weight is 752 g/mol. The molecule has 4 heterocycles. The zero-order valence-corrected chi connectivity index (χ0v) is 31.8. The zero-order valence-electron chi connectivity index (χ0n) is 31.8. The summed E-state index contributed by atoms with van der Waals surface area (Å²) in [5.41, 5.74) is 11.9. The first-order valence-electron chi connectivity index (χ1n) is 20.1. The van der Waals surface area contributed by atoms with Crippen LogP contribution in [0.3, 0.4) is 0 Å². The number of hydrogen-bond donors (Lipinski definition) is 0. The SMILES string of the molecule is c1ccc(-c2nc(-n3c4ccccc4c4c3c3ccc5c(c6ccccc6n5-c5ccccc5)c3c3c5ccccc5n(-c5ccccc5)c34)nc3ccccc23)cc1. The molecule has 0 aliphatic carbocycles. The number of rotatable bonds is 4. The van der Waals surface area contributed by atoms with Gasteiger partial charge in [-0.2, -0.15) is 0 Å². The summed E-state index contributed by atoms with van der Waals surface area (Å²) in [6, 6.07) is 71.6. The maximum absolute atomic E-state index is 5.52. The number of hydrogen-bond acceptors (Lipinski definition) is 2. The molecule has 0 atom stereocenters. The second-order valence-electron chi connectivity index (χ2n) is 15.3. The van der Waals surface area contributed by atoms with Crippen LogP contribution < -0.4 is 0 Å². The summed E-state index contributed by atoms with van der Waals surface area (Å²) in [7, 11) is 0. The Morgan fingerprint density at radius 2 is 0.797 bits per heavy atom. The molecular formula is C54H33N5. The van der Waals surface area contributed by atoms with Crippen LogP contribution in [0.2, 0.25) is 0 Å². The van der Waals surface area contributed by atoms with Gasteiger partial charge in [-0.25, -0.2) is 9.97 Å². The van der Waals surface area contributed by atoms with E-state index in [4.69, 9.17) is 9.97 Å². The van der Waals surface area contributed by atoms with Crippen LogP contribution in [-0.2, 0) is 0 Å². The van der Waals surface area contributed by atoms with Gasteiger partial charge in [-0.3, -0.25) is 4.57 Å². The monoisotopic (exact) mass is 751 g/mol. The highest BCUT2D eigenvalue weighted by Crippen LogP contribution is 2.50. The second-order valence-corrected chi connectivity index (χ2v) is 15.3. The average Bonchev–Trinajstić information content (AvgIpc) is 3.96. The summed E-state index contributed by atoms with van der Waals surface area (Å²) in [5.74, 6) is 0.642. The summed E-state index contributed by atoms with van der Waals surface area (Å²) >= 11 is 0. The molecule has 13 rings (SSSR count). The lowest BCUT2D eigenvalue weighted by Crippen LogP contribution is -2.04. The van der Waals surface area contributed by atoms with Crippen molar-refractivity contribution in [2.24, 2.45) is 0 Å². The molecule has 274 valence electrons. The topological polar surface area (TPSA) is 40.6 Å². The largest absolute Gasteiger partial charge is 0.309 e. The molecular weight excluding hydrogens is 719 g/mol. The molecule has 4 aromatic heterocycles. The number of aromatic nitrogens is 5. The fraction of sp³-hybridized carbons (Fsp3) is 0. The predicted molar refractivity (Wildman–Crippen MR) is 245 cm³/mol. The summed E-state index contributed by atoms with van der Waals surface area (Å²) in [6.45, 7) is 0. The van der Waals surface area contributed by atoms with Crippen LogP contribution in [0, 0.1) is 0 Å². The van der Waals surface area contributed by atoms with Gasteiger partial charge < -0.3 is 9.13 Å². The molecule has 0 bridgehead atoms. The Hall–Kier alpha value is -8.02. The van der Waals surface area contributed by atoms with Crippen LogP contribution in [0.15, 0.2) is 200 Å². The molecule has 0 radical (unpaired) electrons. The van der Waals surface area contributed by atoms with Crippen LogP contribution in [0.25, 0.3) is 116 Å². The van der Waals surface area contributed by atoms with Crippen LogP contribution in [0.1, 0.15) is 0 Å². The van der Waals surface area contributed by atoms with E-state index in [9.17, 15) is 0 Å². The predicted octanol–water partition coefficient (Wildman–Crippen LogP) is 13.7. The highest BCUT2D eigenvalue weighted by atomic mass is 15.2. The second kappa shape index (κ2) is 12.2. The quantitative estimate of drug-likeness (QED) is 0.180. The Labute approximate surface area is 338 Å². The van der Waals surface area contributed by atoms with Crippen molar-refractivity contribution in [1.29, 1.82) is 0 Å². The summed E-state index contributed by atoms with van der Waals surface area (Å²) in [5, 5.41) is 10.6. The van der Waals surface area contributed by atoms with Crippen LogP contribution in [0.5, 0.6) is 0 Å². The number of nitrogens with zero attached hydrogens (tertiary/aromatic N) is 5. The molecule has 5 heteroatoms. The molecule has 13 aromatic rings. The third-order valence-corrected chi connectivity index (χ3v) is 12.2. The molecule has 0 aliphatic heterocycles. The van der Waals surface area contributed by atoms with E-state index in [1.54, 1.807) is 0 Å². The van der Waals surface area contributed by atoms with E-state index in [0.29, 0.717) is 5.95 Å². The number of benzene rings is 9. The maximum Gasteiger partial charge on any atom is 0.235 e. The molecule has 0 aliphatic rings. The molecule has 0 spiro atoms. The minimum absolute atomic E-state index is 0.642. The highest BCUT2D eigenvalue weighted by Gasteiger charge is 2.28. The van der Waals surface area contributed by atoms with E-state index in [2.05, 4.69) is 214 Å². The molecule has 5 nitrogen and oxygen atoms in total. The fourth-order valence-electron chi connectivity index (χ4n) is 9.87. The highest BCUT2D eigenvalue weighted by molar-refractivity contribution is 6.42. The molecule has 0 amide bonds. The van der Waals surface area contributed by atoms with Gasteiger partial charge in [0.25, 0.3) is 0 Å². The van der Waals surface area contributed by atoms with Gasteiger partial charge in [0.1, 0.15) is 0 Å². The van der Waals surface area contributed by atoms with Crippen molar-refractivity contribution in [2.45, 2.75) is 0 Å². The third-order valence-electron chi connectivity index (χ3n) is 12.2. The number of fused-ring (bicyclic) bond motifs is 15. The van der Waals surface area contributed by atoms with Crippen molar-refractivity contribution in [3.8, 4) is 28.6 Å². The van der Waals surface area contributed by atoms with Gasteiger partial charge in [0.15, 0.2) is 0 Å². The third kappa shape index (κ3) is 4.44. The van der Waals surface area contributed by atoms with Gasteiger partial charge >= 0.3 is 0 Å². The minimum Gasteiger partial charge on any atom is -0.309 e. The van der Waals surface area contributed by atoms with Gasteiger partial charge in [0.05, 0.1) is 44.3 Å². The van der Waals surface area contributed by atoms with Crippen molar-refractivity contribution in [3.63, 3.8) is 0 Å². The van der Waals surface area contributed by atoms with Gasteiger partial charge in [-0.15, -0.1) is 0 Å². The summed E-state index contributed by atoms with van der Waals surface area (Å²) in [6.07, 6.45) is 0. The molecule has 0 saturated heterocycles. The summed E-state index contributed by atoms with van der Waals surface area (Å²) < 4.78 is 7.24. The first kappa shape index (κ1) is 32.1. The van der Waals surface area contributed by atoms with Gasteiger partial charge in [-0.05, 0) is 54.6 Å². The minimum atomic E-state index is 0.642. The van der Waals surface area contributed by atoms with E-state index in [1.807, 2.05) is 0 Å². The molecule has 0 saturated carbocycles. The van der Waals surface area contributed by atoms with Crippen molar-refractivity contribution in [2.75, 3.05) is 0 Å². The molecule has 0 fully saturated rings. The Balaban J connectivity index is 1.33. The molecule has 59 heavy (non-hydrogen) atoms. The normalized spacial score (nSPS) is 12.1. The Bertz CT molecular complexity index is 3820. The lowest BCUT2D eigenvalue weighted by molar-refractivity contribution is 1.02. The van der Waals surface area contributed by atoms with Gasteiger partial charge in [0, 0.05) is 65.4 Å². The van der Waals surface area contributed by atoms with Gasteiger partial charge in [-0.1, -0.05) is 146 Å². The van der Waals surface area contributed by atoms with Crippen LogP contribution in [0.4, 0.5) is 0 Å². The Morgan fingerprint density at radius 3 is 1.47 bits per heavy atom. The lowest BCUT2D eigenvalue weighted by Gasteiger charge is -2.15. The van der Waals surface area contributed by atoms with Crippen LogP contribution in [-0.4, -0.2) is 23.7 Å². The van der Waals surface area contributed by atoms with E-state index in [0.717, 1.165) is 66.4 Å². The first-order valence-corrected chi connectivity index (χ1v) is 20.1. The van der Waals surface area contributed by atoms with Crippen molar-refractivity contribution in [1.82, 2.24) is 23.7 Å². The Morgan fingerprint density at radius 1 is 0.288 bits per heavy atom. The Kier molecular flexibility index (Phi) is 6.66. The van der Waals surface area contributed by atoms with E-state index < -0.39 is 0 Å².